The lowest BCUT2D eigenvalue weighted by molar-refractivity contribution is 0.171. The van der Waals surface area contributed by atoms with Gasteiger partial charge in [0, 0.05) is 5.56 Å². The van der Waals surface area contributed by atoms with Crippen LogP contribution in [-0.2, 0) is 18.3 Å². The monoisotopic (exact) mass is 422 g/mol. The van der Waals surface area contributed by atoms with Gasteiger partial charge in [-0.25, -0.2) is 0 Å². The zero-order chi connectivity index (χ0) is 19.3. The van der Waals surface area contributed by atoms with Gasteiger partial charge in [0.1, 0.15) is 5.76 Å². The number of hydrogen-bond donors (Lipinski definition) is 0. The first-order valence-corrected chi connectivity index (χ1v) is 12.3. The molecule has 1 unspecified atom stereocenters. The molecule has 0 aliphatic carbocycles. The van der Waals surface area contributed by atoms with E-state index in [1.54, 1.807) is 0 Å². The lowest BCUT2D eigenvalue weighted by atomic mass is 10.1. The van der Waals surface area contributed by atoms with E-state index in [1.807, 2.05) is 80.8 Å². The summed E-state index contributed by atoms with van der Waals surface area (Å²) in [6, 6.07) is 19.8. The second-order valence-corrected chi connectivity index (χ2v) is 10.8. The molecule has 0 aromatic heterocycles. The summed E-state index contributed by atoms with van der Waals surface area (Å²) < 4.78 is 30.2. The predicted octanol–water partition coefficient (Wildman–Crippen LogP) is 6.52. The Hall–Kier alpha value is -1.17. The second kappa shape index (κ2) is 8.89. The predicted molar refractivity (Wildman–Crippen MR) is 115 cm³/mol. The van der Waals surface area contributed by atoms with E-state index in [9.17, 15) is 4.57 Å². The Labute approximate surface area is 169 Å². The minimum absolute atomic E-state index is 0.283. The first-order valence-electron chi connectivity index (χ1n) is 8.76. The third kappa shape index (κ3) is 4.01. The van der Waals surface area contributed by atoms with Gasteiger partial charge in [-0.05, 0) is 37.4 Å². The van der Waals surface area contributed by atoms with Crippen LogP contribution < -0.4 is 0 Å². The maximum atomic E-state index is 13.7. The van der Waals surface area contributed by atoms with Gasteiger partial charge in [-0.2, -0.15) is 0 Å². The van der Waals surface area contributed by atoms with Crippen molar-refractivity contribution < 1.29 is 18.3 Å². The van der Waals surface area contributed by atoms with Crippen LogP contribution in [0.5, 0.6) is 0 Å². The molecule has 144 valence electrons. The molecule has 0 amide bonds. The van der Waals surface area contributed by atoms with Gasteiger partial charge < -0.3 is 13.8 Å². The van der Waals surface area contributed by atoms with Crippen molar-refractivity contribution in [2.75, 3.05) is 19.5 Å². The van der Waals surface area contributed by atoms with E-state index in [-0.39, 0.29) is 13.2 Å². The lowest BCUT2D eigenvalue weighted by Crippen LogP contribution is -2.23. The fourth-order valence-corrected chi connectivity index (χ4v) is 7.93. The van der Waals surface area contributed by atoms with Crippen molar-refractivity contribution in [2.45, 2.75) is 17.9 Å². The van der Waals surface area contributed by atoms with Crippen molar-refractivity contribution in [1.82, 2.24) is 0 Å². The topological polar surface area (TPSA) is 44.8 Å². The van der Waals surface area contributed by atoms with Gasteiger partial charge in [-0.1, -0.05) is 72.4 Å². The van der Waals surface area contributed by atoms with Crippen molar-refractivity contribution in [3.8, 4) is 0 Å². The Bertz CT molecular complexity index is 778. The van der Waals surface area contributed by atoms with E-state index >= 15 is 0 Å². The van der Waals surface area contributed by atoms with Gasteiger partial charge in [0.15, 0.2) is 0 Å². The maximum absolute atomic E-state index is 13.7. The van der Waals surface area contributed by atoms with Crippen molar-refractivity contribution in [3.63, 3.8) is 0 Å². The molecule has 2 aromatic rings. The van der Waals surface area contributed by atoms with Crippen LogP contribution in [0.3, 0.4) is 0 Å². The van der Waals surface area contributed by atoms with Gasteiger partial charge in [-0.3, -0.25) is 4.57 Å². The minimum atomic E-state index is -3.55. The molecule has 4 nitrogen and oxygen atoms in total. The molecule has 7 heteroatoms. The molecule has 27 heavy (non-hydrogen) atoms. The molecule has 0 saturated carbocycles. The number of benzene rings is 2. The maximum Gasteiger partial charge on any atom is 0.395 e. The summed E-state index contributed by atoms with van der Waals surface area (Å²) in [6.45, 7) is 4.18. The molecule has 0 spiro atoms. The summed E-state index contributed by atoms with van der Waals surface area (Å²) >= 11 is 2.76. The average Bonchev–Trinajstić information content (AvgIpc) is 3.12. The van der Waals surface area contributed by atoms with Gasteiger partial charge in [0.2, 0.25) is 0 Å². The van der Waals surface area contributed by atoms with E-state index in [4.69, 9.17) is 13.8 Å². The molecule has 0 radical (unpaired) electrons. The Morgan fingerprint density at radius 1 is 0.963 bits per heavy atom. The first kappa shape index (κ1) is 20.6. The van der Waals surface area contributed by atoms with E-state index in [2.05, 4.69) is 0 Å². The molecular weight excluding hydrogens is 399 g/mol. The Balaban J connectivity index is 2.12. The van der Waals surface area contributed by atoms with Gasteiger partial charge in [0.25, 0.3) is 0 Å². The van der Waals surface area contributed by atoms with Crippen LogP contribution in [0.2, 0.25) is 0 Å². The van der Waals surface area contributed by atoms with Gasteiger partial charge in [-0.15, -0.1) is 0 Å². The van der Waals surface area contributed by atoms with E-state index in [0.717, 1.165) is 16.0 Å². The summed E-state index contributed by atoms with van der Waals surface area (Å²) in [6.07, 6.45) is 1.87. The zero-order valence-corrected chi connectivity index (χ0v) is 18.1. The van der Waals surface area contributed by atoms with Crippen LogP contribution in [0.1, 0.15) is 25.0 Å². The molecule has 2 aromatic carbocycles. The molecule has 0 N–H and O–H groups in total. The molecular formula is C20H23O4PS2. The van der Waals surface area contributed by atoms with Crippen molar-refractivity contribution >= 4 is 41.8 Å². The Morgan fingerprint density at radius 2 is 1.48 bits per heavy atom. The molecule has 0 fully saturated rings. The highest BCUT2D eigenvalue weighted by molar-refractivity contribution is 8.28. The lowest BCUT2D eigenvalue weighted by Gasteiger charge is -2.33. The van der Waals surface area contributed by atoms with E-state index in [1.165, 1.54) is 23.5 Å². The van der Waals surface area contributed by atoms with Crippen LogP contribution in [0.15, 0.2) is 60.7 Å². The molecule has 1 aliphatic rings. The third-order valence-electron chi connectivity index (χ3n) is 3.93. The summed E-state index contributed by atoms with van der Waals surface area (Å²) in [5.74, 6) is 0.695. The number of hydrogen-bond acceptors (Lipinski definition) is 6. The van der Waals surface area contributed by atoms with Gasteiger partial charge in [0.05, 0.1) is 18.1 Å². The smallest absolute Gasteiger partial charge is 0.395 e. The highest BCUT2D eigenvalue weighted by Crippen LogP contribution is 2.75. The number of thioether (sulfide) groups is 2. The van der Waals surface area contributed by atoms with E-state index < -0.39 is 11.6 Å². The highest BCUT2D eigenvalue weighted by Gasteiger charge is 2.59. The van der Waals surface area contributed by atoms with Crippen LogP contribution in [0.25, 0.3) is 10.7 Å². The Kier molecular flexibility index (Phi) is 6.77. The fourth-order valence-electron chi connectivity index (χ4n) is 2.77. The molecule has 1 heterocycles. The molecule has 0 bridgehead atoms. The zero-order valence-electron chi connectivity index (χ0n) is 15.6. The average molecular weight is 423 g/mol. The molecule has 0 saturated heterocycles. The Morgan fingerprint density at radius 3 is 1.96 bits per heavy atom. The molecule has 3 rings (SSSR count). The number of ether oxygens (including phenoxy) is 1. The first-order chi connectivity index (χ1) is 13.1. The van der Waals surface area contributed by atoms with Crippen LogP contribution in [-0.4, -0.2) is 23.5 Å². The SMILES string of the molecule is CCOP(=O)(OCC)C1(SC)OC(c2ccccc2)=C(c2ccccc2)S1. The summed E-state index contributed by atoms with van der Waals surface area (Å²) in [5.41, 5.74) is 1.94. The fraction of sp³-hybridized carbons (Fsp3) is 0.300. The largest absolute Gasteiger partial charge is 0.453 e. The second-order valence-electron chi connectivity index (χ2n) is 5.66. The normalized spacial score (nSPS) is 20.0. The standard InChI is InChI=1S/C20H23O4PS2/c1-4-22-25(21,23-5-2)20(26-3)24-18(16-12-8-6-9-13-16)19(27-20)17-14-10-7-11-15-17/h6-15H,4-5H2,1-3H3. The quantitative estimate of drug-likeness (QED) is 0.452. The third-order valence-corrected chi connectivity index (χ3v) is 10.4. The van der Waals surface area contributed by atoms with Crippen LogP contribution >= 0.6 is 31.1 Å². The van der Waals surface area contributed by atoms with Gasteiger partial charge >= 0.3 is 11.6 Å². The van der Waals surface area contributed by atoms with Crippen molar-refractivity contribution in [3.05, 3.63) is 71.8 Å². The summed E-state index contributed by atoms with van der Waals surface area (Å²) in [4.78, 5) is 0.927. The molecule has 1 atom stereocenters. The minimum Gasteiger partial charge on any atom is -0.453 e. The number of rotatable bonds is 8. The summed E-state index contributed by atoms with van der Waals surface area (Å²) in [7, 11) is -3.55. The molecule has 1 aliphatic heterocycles. The van der Waals surface area contributed by atoms with E-state index in [0.29, 0.717) is 5.76 Å². The summed E-state index contributed by atoms with van der Waals surface area (Å²) in [5, 5.41) is 0. The van der Waals surface area contributed by atoms with Crippen LogP contribution in [0.4, 0.5) is 0 Å². The van der Waals surface area contributed by atoms with Crippen LogP contribution in [0, 0.1) is 0 Å². The highest BCUT2D eigenvalue weighted by atomic mass is 32.2. The van der Waals surface area contributed by atoms with Crippen molar-refractivity contribution in [1.29, 1.82) is 0 Å². The van der Waals surface area contributed by atoms with Crippen molar-refractivity contribution in [2.24, 2.45) is 0 Å².